The van der Waals surface area contributed by atoms with Gasteiger partial charge in [0.1, 0.15) is 0 Å². The van der Waals surface area contributed by atoms with Gasteiger partial charge < -0.3 is 9.64 Å². The van der Waals surface area contributed by atoms with Crippen LogP contribution in [0.4, 0.5) is 0 Å². The Labute approximate surface area is 102 Å². The maximum atomic E-state index is 12.4. The number of morpholine rings is 1. The zero-order valence-electron chi connectivity index (χ0n) is 10.3. The van der Waals surface area contributed by atoms with Crippen LogP contribution in [-0.4, -0.2) is 37.1 Å². The molecule has 0 N–H and O–H groups in total. The minimum Gasteiger partial charge on any atom is -0.378 e. The Morgan fingerprint density at radius 2 is 1.94 bits per heavy atom. The van der Waals surface area contributed by atoms with Crippen LogP contribution in [0, 0.1) is 0 Å². The fourth-order valence-electron chi connectivity index (χ4n) is 2.24. The molecule has 3 heteroatoms. The molecule has 2 rings (SSSR count). The van der Waals surface area contributed by atoms with Crippen LogP contribution in [0.1, 0.15) is 24.8 Å². The van der Waals surface area contributed by atoms with E-state index in [1.807, 2.05) is 35.2 Å². The fourth-order valence-corrected chi connectivity index (χ4v) is 2.24. The van der Waals surface area contributed by atoms with Crippen molar-refractivity contribution >= 4 is 5.91 Å². The molecule has 3 nitrogen and oxygen atoms in total. The number of rotatable bonds is 3. The molecule has 1 amide bonds. The SMILES string of the molecule is CCC(C(=O)N1CCOCC1)c1ccccc1. The topological polar surface area (TPSA) is 29.5 Å². The summed E-state index contributed by atoms with van der Waals surface area (Å²) in [4.78, 5) is 14.3. The van der Waals surface area contributed by atoms with Gasteiger partial charge in [-0.1, -0.05) is 37.3 Å². The number of carbonyl (C=O) groups excluding carboxylic acids is 1. The van der Waals surface area contributed by atoms with E-state index in [0.29, 0.717) is 13.2 Å². The first-order chi connectivity index (χ1) is 8.33. The molecule has 0 bridgehead atoms. The number of carbonyl (C=O) groups is 1. The van der Waals surface area contributed by atoms with E-state index in [1.165, 1.54) is 0 Å². The maximum Gasteiger partial charge on any atom is 0.230 e. The highest BCUT2D eigenvalue weighted by molar-refractivity contribution is 5.83. The van der Waals surface area contributed by atoms with Gasteiger partial charge in [-0.15, -0.1) is 0 Å². The van der Waals surface area contributed by atoms with Gasteiger partial charge >= 0.3 is 0 Å². The van der Waals surface area contributed by atoms with Crippen molar-refractivity contribution in [1.29, 1.82) is 0 Å². The summed E-state index contributed by atoms with van der Waals surface area (Å²) in [7, 11) is 0. The molecule has 0 radical (unpaired) electrons. The lowest BCUT2D eigenvalue weighted by Gasteiger charge is -2.30. The van der Waals surface area contributed by atoms with Crippen molar-refractivity contribution in [2.45, 2.75) is 19.3 Å². The Morgan fingerprint density at radius 3 is 2.53 bits per heavy atom. The lowest BCUT2D eigenvalue weighted by atomic mass is 9.95. The molecule has 17 heavy (non-hydrogen) atoms. The Hall–Kier alpha value is -1.35. The molecule has 1 aliphatic heterocycles. The summed E-state index contributed by atoms with van der Waals surface area (Å²) in [5.41, 5.74) is 1.12. The summed E-state index contributed by atoms with van der Waals surface area (Å²) in [5, 5.41) is 0. The van der Waals surface area contributed by atoms with E-state index in [1.54, 1.807) is 0 Å². The minimum atomic E-state index is -0.00528. The number of hydrogen-bond acceptors (Lipinski definition) is 2. The molecule has 0 aliphatic carbocycles. The molecule has 1 aliphatic rings. The second kappa shape index (κ2) is 5.82. The molecule has 92 valence electrons. The molecule has 1 fully saturated rings. The van der Waals surface area contributed by atoms with E-state index in [-0.39, 0.29) is 11.8 Å². The van der Waals surface area contributed by atoms with Gasteiger partial charge in [0.2, 0.25) is 5.91 Å². The summed E-state index contributed by atoms with van der Waals surface area (Å²) in [6.45, 7) is 4.84. The molecule has 1 heterocycles. The number of benzene rings is 1. The second-order valence-corrected chi connectivity index (χ2v) is 4.31. The smallest absolute Gasteiger partial charge is 0.230 e. The van der Waals surface area contributed by atoms with Crippen LogP contribution in [0.5, 0.6) is 0 Å². The summed E-state index contributed by atoms with van der Waals surface area (Å²) >= 11 is 0. The van der Waals surface area contributed by atoms with Crippen molar-refractivity contribution in [2.24, 2.45) is 0 Å². The number of ether oxygens (including phenoxy) is 1. The van der Waals surface area contributed by atoms with Crippen molar-refractivity contribution in [3.8, 4) is 0 Å². The lowest BCUT2D eigenvalue weighted by Crippen LogP contribution is -2.43. The van der Waals surface area contributed by atoms with Gasteiger partial charge in [0.25, 0.3) is 0 Å². The minimum absolute atomic E-state index is 0.00528. The molecule has 0 spiro atoms. The first-order valence-corrected chi connectivity index (χ1v) is 6.24. The number of nitrogens with zero attached hydrogens (tertiary/aromatic N) is 1. The predicted octanol–water partition coefficient (Wildman–Crippen LogP) is 2.04. The van der Waals surface area contributed by atoms with Crippen LogP contribution < -0.4 is 0 Å². The highest BCUT2D eigenvalue weighted by atomic mass is 16.5. The van der Waals surface area contributed by atoms with Gasteiger partial charge in [-0.05, 0) is 12.0 Å². The van der Waals surface area contributed by atoms with Gasteiger partial charge in [0, 0.05) is 13.1 Å². The predicted molar refractivity (Wildman–Crippen MR) is 66.9 cm³/mol. The summed E-state index contributed by atoms with van der Waals surface area (Å²) in [5.74, 6) is 0.233. The standard InChI is InChI=1S/C14H19NO2/c1-2-13(12-6-4-3-5-7-12)14(16)15-8-10-17-11-9-15/h3-7,13H,2,8-11H2,1H3. The highest BCUT2D eigenvalue weighted by Crippen LogP contribution is 2.22. The first kappa shape index (κ1) is 12.1. The van der Waals surface area contributed by atoms with Crippen molar-refractivity contribution in [1.82, 2.24) is 4.90 Å². The summed E-state index contributed by atoms with van der Waals surface area (Å²) in [6, 6.07) is 10.0. The van der Waals surface area contributed by atoms with Crippen molar-refractivity contribution in [2.75, 3.05) is 26.3 Å². The third-order valence-electron chi connectivity index (χ3n) is 3.23. The van der Waals surface area contributed by atoms with Crippen LogP contribution >= 0.6 is 0 Å². The fraction of sp³-hybridized carbons (Fsp3) is 0.500. The Kier molecular flexibility index (Phi) is 4.15. The van der Waals surface area contributed by atoms with Gasteiger partial charge in [-0.2, -0.15) is 0 Å². The van der Waals surface area contributed by atoms with Crippen molar-refractivity contribution in [3.63, 3.8) is 0 Å². The van der Waals surface area contributed by atoms with E-state index < -0.39 is 0 Å². The van der Waals surface area contributed by atoms with Crippen molar-refractivity contribution in [3.05, 3.63) is 35.9 Å². The zero-order chi connectivity index (χ0) is 12.1. The quantitative estimate of drug-likeness (QED) is 0.799. The largest absolute Gasteiger partial charge is 0.378 e. The lowest BCUT2D eigenvalue weighted by molar-refractivity contribution is -0.137. The monoisotopic (exact) mass is 233 g/mol. The van der Waals surface area contributed by atoms with Crippen molar-refractivity contribution < 1.29 is 9.53 Å². The number of hydrogen-bond donors (Lipinski definition) is 0. The first-order valence-electron chi connectivity index (χ1n) is 6.24. The molecule has 1 unspecified atom stereocenters. The second-order valence-electron chi connectivity index (χ2n) is 4.31. The molecule has 0 saturated carbocycles. The third kappa shape index (κ3) is 2.86. The van der Waals surface area contributed by atoms with E-state index in [9.17, 15) is 4.79 Å². The Morgan fingerprint density at radius 1 is 1.29 bits per heavy atom. The average Bonchev–Trinajstić information content (AvgIpc) is 2.42. The molecule has 1 saturated heterocycles. The molecule has 0 aromatic heterocycles. The van der Waals surface area contributed by atoms with E-state index >= 15 is 0 Å². The summed E-state index contributed by atoms with van der Waals surface area (Å²) < 4.78 is 5.28. The zero-order valence-corrected chi connectivity index (χ0v) is 10.3. The third-order valence-corrected chi connectivity index (χ3v) is 3.23. The maximum absolute atomic E-state index is 12.4. The molecule has 1 aromatic carbocycles. The normalized spacial score (nSPS) is 17.8. The van der Waals surface area contributed by atoms with E-state index in [2.05, 4.69) is 6.92 Å². The summed E-state index contributed by atoms with van der Waals surface area (Å²) in [6.07, 6.45) is 0.847. The number of amides is 1. The molecular weight excluding hydrogens is 214 g/mol. The van der Waals surface area contributed by atoms with Gasteiger partial charge in [-0.3, -0.25) is 4.79 Å². The van der Waals surface area contributed by atoms with Crippen LogP contribution in [0.15, 0.2) is 30.3 Å². The Bertz CT molecular complexity index is 358. The van der Waals surface area contributed by atoms with Crippen LogP contribution in [0.3, 0.4) is 0 Å². The Balaban J connectivity index is 2.10. The van der Waals surface area contributed by atoms with Gasteiger partial charge in [-0.25, -0.2) is 0 Å². The molecule has 1 aromatic rings. The van der Waals surface area contributed by atoms with E-state index in [4.69, 9.17) is 4.74 Å². The van der Waals surface area contributed by atoms with E-state index in [0.717, 1.165) is 25.1 Å². The van der Waals surface area contributed by atoms with Crippen LogP contribution in [0.25, 0.3) is 0 Å². The van der Waals surface area contributed by atoms with Gasteiger partial charge in [0.15, 0.2) is 0 Å². The van der Waals surface area contributed by atoms with Crippen LogP contribution in [0.2, 0.25) is 0 Å². The molecule has 1 atom stereocenters. The van der Waals surface area contributed by atoms with Crippen LogP contribution in [-0.2, 0) is 9.53 Å². The van der Waals surface area contributed by atoms with Gasteiger partial charge in [0.05, 0.1) is 19.1 Å². The average molecular weight is 233 g/mol. The molecular formula is C14H19NO2. The highest BCUT2D eigenvalue weighted by Gasteiger charge is 2.25.